The largest absolute Gasteiger partial charge is 0.444 e. The molecule has 2 aliphatic carbocycles. The molecule has 1 fully saturated rings. The molecule has 2 aliphatic rings. The highest BCUT2D eigenvalue weighted by molar-refractivity contribution is 5.68. The molecule has 0 unspecified atom stereocenters. The third-order valence-corrected chi connectivity index (χ3v) is 3.93. The van der Waals surface area contributed by atoms with Crippen LogP contribution in [0.4, 0.5) is 4.79 Å². The third kappa shape index (κ3) is 5.16. The summed E-state index contributed by atoms with van der Waals surface area (Å²) >= 11 is 0. The molecular weight excluding hydrogens is 252 g/mol. The van der Waals surface area contributed by atoms with Crippen LogP contribution in [0, 0.1) is 0 Å². The van der Waals surface area contributed by atoms with Crippen LogP contribution in [0.25, 0.3) is 0 Å². The molecule has 0 bridgehead atoms. The Balaban J connectivity index is 1.65. The van der Waals surface area contributed by atoms with Gasteiger partial charge in [0, 0.05) is 18.1 Å². The Morgan fingerprint density at radius 1 is 1.00 bits per heavy atom. The van der Waals surface area contributed by atoms with Crippen LogP contribution in [0.5, 0.6) is 0 Å². The number of amides is 1. The number of carbonyl (C=O) groups excluding carboxylic acids is 1. The molecule has 4 heteroatoms. The average molecular weight is 280 g/mol. The van der Waals surface area contributed by atoms with Crippen molar-refractivity contribution in [3.05, 3.63) is 12.2 Å². The van der Waals surface area contributed by atoms with Gasteiger partial charge in [-0.3, -0.25) is 0 Å². The van der Waals surface area contributed by atoms with Gasteiger partial charge >= 0.3 is 6.09 Å². The maximum Gasteiger partial charge on any atom is 0.407 e. The molecule has 0 heterocycles. The summed E-state index contributed by atoms with van der Waals surface area (Å²) in [6.07, 6.45) is 10.9. The van der Waals surface area contributed by atoms with Crippen LogP contribution in [0.3, 0.4) is 0 Å². The minimum atomic E-state index is -0.418. The van der Waals surface area contributed by atoms with Gasteiger partial charge in [0.15, 0.2) is 0 Å². The molecule has 0 atom stereocenters. The van der Waals surface area contributed by atoms with E-state index in [1.54, 1.807) is 0 Å². The first-order valence-electron chi connectivity index (χ1n) is 7.83. The molecule has 2 N–H and O–H groups in total. The number of nitrogens with one attached hydrogen (secondary N) is 2. The monoisotopic (exact) mass is 280 g/mol. The van der Waals surface area contributed by atoms with Crippen molar-refractivity contribution in [2.24, 2.45) is 0 Å². The molecule has 114 valence electrons. The average Bonchev–Trinajstić information content (AvgIpc) is 2.82. The summed E-state index contributed by atoms with van der Waals surface area (Å²) < 4.78 is 5.30. The lowest BCUT2D eigenvalue weighted by Gasteiger charge is -2.32. The van der Waals surface area contributed by atoms with Gasteiger partial charge in [-0.2, -0.15) is 0 Å². The van der Waals surface area contributed by atoms with Crippen molar-refractivity contribution < 1.29 is 9.53 Å². The standard InChI is InChI=1S/C16H28N2O2/c1-16(2,3)20-15(19)18-14-10-8-13(9-11-14)17-12-6-4-5-7-12/h4-5,12-14,17H,6-11H2,1-3H3,(H,18,19). The molecule has 2 rings (SSSR count). The van der Waals surface area contributed by atoms with E-state index in [1.165, 1.54) is 0 Å². The van der Waals surface area contributed by atoms with Gasteiger partial charge in [0.05, 0.1) is 0 Å². The molecule has 0 aliphatic heterocycles. The van der Waals surface area contributed by atoms with E-state index in [1.807, 2.05) is 20.8 Å². The smallest absolute Gasteiger partial charge is 0.407 e. The zero-order valence-corrected chi connectivity index (χ0v) is 12.9. The molecule has 0 aromatic carbocycles. The van der Waals surface area contributed by atoms with Crippen LogP contribution < -0.4 is 10.6 Å². The lowest BCUT2D eigenvalue weighted by atomic mass is 9.90. The maximum absolute atomic E-state index is 11.7. The second-order valence-corrected chi connectivity index (χ2v) is 7.00. The highest BCUT2D eigenvalue weighted by Crippen LogP contribution is 2.21. The van der Waals surface area contributed by atoms with Crippen molar-refractivity contribution in [2.45, 2.75) is 83.0 Å². The van der Waals surface area contributed by atoms with E-state index in [0.717, 1.165) is 38.5 Å². The summed E-state index contributed by atoms with van der Waals surface area (Å²) in [7, 11) is 0. The first kappa shape index (κ1) is 15.4. The van der Waals surface area contributed by atoms with Crippen LogP contribution in [0.1, 0.15) is 59.3 Å². The van der Waals surface area contributed by atoms with Gasteiger partial charge in [-0.25, -0.2) is 4.79 Å². The van der Waals surface area contributed by atoms with Crippen LogP contribution in [0.15, 0.2) is 12.2 Å². The van der Waals surface area contributed by atoms with Crippen molar-refractivity contribution in [1.29, 1.82) is 0 Å². The summed E-state index contributed by atoms with van der Waals surface area (Å²) in [5.41, 5.74) is -0.418. The Labute approximate surface area is 122 Å². The zero-order valence-electron chi connectivity index (χ0n) is 12.9. The third-order valence-electron chi connectivity index (χ3n) is 3.93. The van der Waals surface area contributed by atoms with Crippen molar-refractivity contribution in [1.82, 2.24) is 10.6 Å². The number of hydrogen-bond acceptors (Lipinski definition) is 3. The minimum absolute atomic E-state index is 0.268. The van der Waals surface area contributed by atoms with Crippen molar-refractivity contribution in [2.75, 3.05) is 0 Å². The summed E-state index contributed by atoms with van der Waals surface area (Å²) in [5.74, 6) is 0. The first-order chi connectivity index (χ1) is 9.42. The zero-order chi connectivity index (χ0) is 14.6. The molecular formula is C16H28N2O2. The number of alkyl carbamates (subject to hydrolysis) is 1. The highest BCUT2D eigenvalue weighted by Gasteiger charge is 2.26. The van der Waals surface area contributed by atoms with E-state index >= 15 is 0 Å². The van der Waals surface area contributed by atoms with Crippen LogP contribution in [-0.4, -0.2) is 29.8 Å². The maximum atomic E-state index is 11.7. The molecule has 1 amide bonds. The fraction of sp³-hybridized carbons (Fsp3) is 0.812. The van der Waals surface area contributed by atoms with Gasteiger partial charge in [0.25, 0.3) is 0 Å². The lowest BCUT2D eigenvalue weighted by molar-refractivity contribution is 0.0489. The molecule has 0 radical (unpaired) electrons. The Hall–Kier alpha value is -1.03. The van der Waals surface area contributed by atoms with Gasteiger partial charge in [-0.1, -0.05) is 12.2 Å². The summed E-state index contributed by atoms with van der Waals surface area (Å²) in [6, 6.07) is 1.51. The van der Waals surface area contributed by atoms with Crippen molar-refractivity contribution in [3.8, 4) is 0 Å². The Kier molecular flexibility index (Phi) is 5.08. The van der Waals surface area contributed by atoms with Crippen molar-refractivity contribution >= 4 is 6.09 Å². The van der Waals surface area contributed by atoms with E-state index < -0.39 is 5.60 Å². The number of rotatable bonds is 3. The van der Waals surface area contributed by atoms with Gasteiger partial charge in [0.1, 0.15) is 5.60 Å². The Morgan fingerprint density at radius 3 is 2.10 bits per heavy atom. The second kappa shape index (κ2) is 6.61. The van der Waals surface area contributed by atoms with Gasteiger partial charge in [-0.15, -0.1) is 0 Å². The molecule has 0 aromatic rings. The molecule has 4 nitrogen and oxygen atoms in total. The summed E-state index contributed by atoms with van der Waals surface area (Å²) in [6.45, 7) is 5.68. The summed E-state index contributed by atoms with van der Waals surface area (Å²) in [5, 5.41) is 6.71. The molecule has 0 spiro atoms. The number of carbonyl (C=O) groups is 1. The molecule has 0 saturated heterocycles. The first-order valence-corrected chi connectivity index (χ1v) is 7.83. The van der Waals surface area contributed by atoms with E-state index in [4.69, 9.17) is 4.74 Å². The van der Waals surface area contributed by atoms with Crippen LogP contribution in [-0.2, 0) is 4.74 Å². The summed E-state index contributed by atoms with van der Waals surface area (Å²) in [4.78, 5) is 11.7. The minimum Gasteiger partial charge on any atom is -0.444 e. The Bertz CT molecular complexity index is 344. The van der Waals surface area contributed by atoms with E-state index in [0.29, 0.717) is 12.1 Å². The van der Waals surface area contributed by atoms with Crippen LogP contribution in [0.2, 0.25) is 0 Å². The molecule has 0 aromatic heterocycles. The highest BCUT2D eigenvalue weighted by atomic mass is 16.6. The number of hydrogen-bond donors (Lipinski definition) is 2. The van der Waals surface area contributed by atoms with Crippen molar-refractivity contribution in [3.63, 3.8) is 0 Å². The second-order valence-electron chi connectivity index (χ2n) is 7.00. The van der Waals surface area contributed by atoms with E-state index in [-0.39, 0.29) is 12.1 Å². The van der Waals surface area contributed by atoms with Gasteiger partial charge in [0.2, 0.25) is 0 Å². The van der Waals surface area contributed by atoms with E-state index in [9.17, 15) is 4.79 Å². The topological polar surface area (TPSA) is 50.4 Å². The predicted molar refractivity (Wildman–Crippen MR) is 80.7 cm³/mol. The van der Waals surface area contributed by atoms with Gasteiger partial charge in [-0.05, 0) is 59.3 Å². The molecule has 1 saturated carbocycles. The fourth-order valence-electron chi connectivity index (χ4n) is 2.97. The Morgan fingerprint density at radius 2 is 1.55 bits per heavy atom. The molecule has 20 heavy (non-hydrogen) atoms. The van der Waals surface area contributed by atoms with E-state index in [2.05, 4.69) is 22.8 Å². The predicted octanol–water partition coefficient (Wildman–Crippen LogP) is 3.13. The van der Waals surface area contributed by atoms with Crippen LogP contribution >= 0.6 is 0 Å². The SMILES string of the molecule is CC(C)(C)OC(=O)NC1CCC(NC2CC=CC2)CC1. The van der Waals surface area contributed by atoms with Gasteiger partial charge < -0.3 is 15.4 Å². The fourth-order valence-corrected chi connectivity index (χ4v) is 2.97. The number of ether oxygens (including phenoxy) is 1. The quantitative estimate of drug-likeness (QED) is 0.781. The normalized spacial score (nSPS) is 27.6. The lowest BCUT2D eigenvalue weighted by Crippen LogP contribution is -2.45.